The van der Waals surface area contributed by atoms with Gasteiger partial charge in [-0.25, -0.2) is 23.0 Å². The Hall–Kier alpha value is -4.95. The normalized spacial score (nSPS) is 22.0. The Balaban J connectivity index is 1.48. The SMILES string of the molecule is CCOC(=O)C(CC)(OC(=O)[C@H]1Cc2ccccc2CN1S(=O)(=O)c1ccc([N+](=O)[O-])cc1)c1cc2n(c(=O)c1C#N)CCC21CC(C)(C)COO1. The summed E-state index contributed by atoms with van der Waals surface area (Å²) in [6.45, 7) is 7.14. The third-order valence-corrected chi connectivity index (χ3v) is 11.9. The molecule has 274 valence electrons. The van der Waals surface area contributed by atoms with Crippen LogP contribution in [-0.4, -0.2) is 53.4 Å². The number of nitro benzene ring substituents is 1. The number of hydrogen-bond donors (Lipinski definition) is 0. The van der Waals surface area contributed by atoms with E-state index >= 15 is 0 Å². The molecule has 6 rings (SSSR count). The number of nitro groups is 1. The van der Waals surface area contributed by atoms with Crippen molar-refractivity contribution in [1.29, 1.82) is 5.26 Å². The molecule has 2 aromatic carbocycles. The number of rotatable bonds is 9. The van der Waals surface area contributed by atoms with E-state index in [1.54, 1.807) is 31.2 Å². The van der Waals surface area contributed by atoms with Crippen molar-refractivity contribution in [3.8, 4) is 6.07 Å². The first-order valence-corrected chi connectivity index (χ1v) is 18.3. The first-order chi connectivity index (χ1) is 24.6. The highest BCUT2D eigenvalue weighted by Crippen LogP contribution is 2.49. The van der Waals surface area contributed by atoms with Gasteiger partial charge in [0.25, 0.3) is 11.2 Å². The molecule has 1 saturated heterocycles. The third-order valence-electron chi connectivity index (χ3n) is 9.99. The number of ether oxygens (including phenoxy) is 2. The van der Waals surface area contributed by atoms with Crippen LogP contribution in [-0.2, 0) is 69.6 Å². The summed E-state index contributed by atoms with van der Waals surface area (Å²) < 4.78 is 42.3. The van der Waals surface area contributed by atoms with Gasteiger partial charge in [-0.2, -0.15) is 9.57 Å². The number of nitrogens with zero attached hydrogens (tertiary/aromatic N) is 4. The molecule has 1 spiro atoms. The number of carbonyl (C=O) groups excluding carboxylic acids is 2. The van der Waals surface area contributed by atoms with Crippen LogP contribution in [0.25, 0.3) is 0 Å². The zero-order valence-electron chi connectivity index (χ0n) is 29.1. The maximum atomic E-state index is 14.6. The van der Waals surface area contributed by atoms with Gasteiger partial charge in [0.05, 0.1) is 28.7 Å². The van der Waals surface area contributed by atoms with E-state index in [4.69, 9.17) is 19.2 Å². The molecular formula is C36H38N4O11S. The van der Waals surface area contributed by atoms with E-state index in [1.165, 1.54) is 17.6 Å². The summed E-state index contributed by atoms with van der Waals surface area (Å²) in [4.78, 5) is 64.3. The van der Waals surface area contributed by atoms with Crippen LogP contribution < -0.4 is 5.56 Å². The van der Waals surface area contributed by atoms with Gasteiger partial charge in [0.15, 0.2) is 0 Å². The van der Waals surface area contributed by atoms with Gasteiger partial charge in [0, 0.05) is 43.6 Å². The van der Waals surface area contributed by atoms with Crippen molar-refractivity contribution in [2.75, 3.05) is 13.2 Å². The van der Waals surface area contributed by atoms with Gasteiger partial charge in [0.2, 0.25) is 15.6 Å². The predicted octanol–water partition coefficient (Wildman–Crippen LogP) is 4.13. The number of sulfonamides is 1. The maximum absolute atomic E-state index is 14.6. The number of nitriles is 1. The Morgan fingerprint density at radius 3 is 2.44 bits per heavy atom. The Morgan fingerprint density at radius 2 is 1.83 bits per heavy atom. The second kappa shape index (κ2) is 13.6. The standard InChI is InChI=1S/C36H38N4O11S/c1-5-36(33(43)48-6-2,28-18-30-35(21-34(3,4)22-49-51-35)15-16-38(30)31(41)27(28)19-37)50-32(42)29-17-23-9-7-8-10-24(23)20-39(29)52(46,47)26-13-11-25(12-14-26)40(44)45/h7-14,18,29H,5-6,15-17,20-22H2,1-4H3/t29-,35?,36?/m1/s1. The highest BCUT2D eigenvalue weighted by atomic mass is 32.2. The number of pyridine rings is 1. The average Bonchev–Trinajstić information content (AvgIpc) is 3.46. The molecule has 3 aliphatic rings. The van der Waals surface area contributed by atoms with Gasteiger partial charge in [-0.1, -0.05) is 45.0 Å². The summed E-state index contributed by atoms with van der Waals surface area (Å²) in [5, 5.41) is 21.6. The van der Waals surface area contributed by atoms with Crippen molar-refractivity contribution in [3.63, 3.8) is 0 Å². The minimum atomic E-state index is -4.50. The third kappa shape index (κ3) is 6.17. The maximum Gasteiger partial charge on any atom is 0.355 e. The van der Waals surface area contributed by atoms with E-state index in [2.05, 4.69) is 0 Å². The Labute approximate surface area is 299 Å². The lowest BCUT2D eigenvalue weighted by atomic mass is 9.77. The molecule has 52 heavy (non-hydrogen) atoms. The fraction of sp³-hybridized carbons (Fsp3) is 0.444. The van der Waals surface area contributed by atoms with Crippen molar-refractivity contribution < 1.29 is 42.2 Å². The molecule has 4 heterocycles. The number of non-ortho nitro benzene ring substituents is 1. The number of hydrogen-bond acceptors (Lipinski definition) is 12. The summed E-state index contributed by atoms with van der Waals surface area (Å²) in [6, 6.07) is 13.0. The van der Waals surface area contributed by atoms with E-state index in [0.717, 1.165) is 28.6 Å². The van der Waals surface area contributed by atoms with Crippen LogP contribution in [0.2, 0.25) is 0 Å². The second-order valence-electron chi connectivity index (χ2n) is 13.9. The van der Waals surface area contributed by atoms with Crippen LogP contribution in [0, 0.1) is 26.9 Å². The molecule has 16 heteroatoms. The monoisotopic (exact) mass is 734 g/mol. The Morgan fingerprint density at radius 1 is 1.13 bits per heavy atom. The molecule has 3 aliphatic heterocycles. The Bertz CT molecular complexity index is 2160. The van der Waals surface area contributed by atoms with E-state index < -0.39 is 55.3 Å². The van der Waals surface area contributed by atoms with Crippen molar-refractivity contribution in [2.24, 2.45) is 5.41 Å². The summed E-state index contributed by atoms with van der Waals surface area (Å²) in [5.74, 6) is -2.19. The van der Waals surface area contributed by atoms with Crippen LogP contribution in [0.1, 0.15) is 74.9 Å². The molecule has 3 aromatic rings. The number of fused-ring (bicyclic) bond motifs is 3. The number of esters is 2. The number of aromatic nitrogens is 1. The molecule has 0 amide bonds. The van der Waals surface area contributed by atoms with Crippen molar-refractivity contribution in [1.82, 2.24) is 8.87 Å². The molecular weight excluding hydrogens is 696 g/mol. The van der Waals surface area contributed by atoms with Gasteiger partial charge < -0.3 is 14.0 Å². The molecule has 2 unspecified atom stereocenters. The van der Waals surface area contributed by atoms with E-state index in [-0.39, 0.29) is 54.1 Å². The quantitative estimate of drug-likeness (QED) is 0.132. The first-order valence-electron chi connectivity index (χ1n) is 16.9. The topological polar surface area (TPSA) is 197 Å². The highest BCUT2D eigenvalue weighted by molar-refractivity contribution is 7.89. The highest BCUT2D eigenvalue weighted by Gasteiger charge is 2.54. The number of benzene rings is 2. The van der Waals surface area contributed by atoms with E-state index in [9.17, 15) is 38.2 Å². The first kappa shape index (κ1) is 36.8. The molecule has 3 atom stereocenters. The lowest BCUT2D eigenvalue weighted by molar-refractivity contribution is -0.410. The zero-order valence-corrected chi connectivity index (χ0v) is 29.9. The van der Waals surface area contributed by atoms with Gasteiger partial charge in [-0.05, 0) is 54.5 Å². The fourth-order valence-corrected chi connectivity index (χ4v) is 9.00. The summed E-state index contributed by atoms with van der Waals surface area (Å²) >= 11 is 0. The van der Waals surface area contributed by atoms with Crippen LogP contribution in [0.5, 0.6) is 0 Å². The van der Waals surface area contributed by atoms with Crippen molar-refractivity contribution in [3.05, 3.63) is 103 Å². The average molecular weight is 735 g/mol. The summed E-state index contributed by atoms with van der Waals surface area (Å²) in [6.07, 6.45) is 0.351. The zero-order chi connectivity index (χ0) is 37.6. The summed E-state index contributed by atoms with van der Waals surface area (Å²) in [5.41, 5.74) is -3.91. The lowest BCUT2D eigenvalue weighted by Gasteiger charge is -2.41. The van der Waals surface area contributed by atoms with Crippen molar-refractivity contribution >= 4 is 27.6 Å². The smallest absolute Gasteiger partial charge is 0.355 e. The van der Waals surface area contributed by atoms with Crippen LogP contribution in [0.4, 0.5) is 5.69 Å². The Kier molecular flexibility index (Phi) is 9.60. The molecule has 0 bridgehead atoms. The van der Waals surface area contributed by atoms with Crippen molar-refractivity contribution in [2.45, 2.75) is 88.6 Å². The van der Waals surface area contributed by atoms with Crippen LogP contribution in [0.3, 0.4) is 0 Å². The van der Waals surface area contributed by atoms with Gasteiger partial charge >= 0.3 is 11.9 Å². The summed E-state index contributed by atoms with van der Waals surface area (Å²) in [7, 11) is -4.50. The molecule has 15 nitrogen and oxygen atoms in total. The lowest BCUT2D eigenvalue weighted by Crippen LogP contribution is -2.53. The van der Waals surface area contributed by atoms with Gasteiger partial charge in [-0.3, -0.25) is 19.7 Å². The fourth-order valence-electron chi connectivity index (χ4n) is 7.44. The molecule has 0 N–H and O–H groups in total. The van der Waals surface area contributed by atoms with E-state index in [1.807, 2.05) is 19.9 Å². The second-order valence-corrected chi connectivity index (χ2v) is 15.8. The van der Waals surface area contributed by atoms with Crippen LogP contribution in [0.15, 0.2) is 64.3 Å². The van der Waals surface area contributed by atoms with Crippen LogP contribution >= 0.6 is 0 Å². The minimum Gasteiger partial charge on any atom is -0.463 e. The van der Waals surface area contributed by atoms with Gasteiger partial charge in [-0.15, -0.1) is 0 Å². The minimum absolute atomic E-state index is 0.142. The molecule has 1 fully saturated rings. The van der Waals surface area contributed by atoms with E-state index in [0.29, 0.717) is 36.3 Å². The number of carbonyl (C=O) groups is 2. The molecule has 0 radical (unpaired) electrons. The molecule has 0 aliphatic carbocycles. The van der Waals surface area contributed by atoms with Gasteiger partial charge in [0.1, 0.15) is 23.3 Å². The largest absolute Gasteiger partial charge is 0.463 e. The molecule has 1 aromatic heterocycles. The predicted molar refractivity (Wildman–Crippen MR) is 182 cm³/mol. The molecule has 0 saturated carbocycles.